The molecule has 4 unspecified atom stereocenters. The minimum atomic E-state index is 0.665. The molecule has 3 aliphatic carbocycles. The molecule has 0 aromatic rings. The van der Waals surface area contributed by atoms with E-state index >= 15 is 0 Å². The molecule has 4 atom stereocenters. The van der Waals surface area contributed by atoms with Gasteiger partial charge in [-0.2, -0.15) is 0 Å². The zero-order valence-electron chi connectivity index (χ0n) is 8.14. The van der Waals surface area contributed by atoms with E-state index < -0.39 is 0 Å². The fourth-order valence-corrected chi connectivity index (χ4v) is 3.83. The summed E-state index contributed by atoms with van der Waals surface area (Å²) >= 11 is 0. The lowest BCUT2D eigenvalue weighted by molar-refractivity contribution is 0.316. The van der Waals surface area contributed by atoms with Crippen LogP contribution in [-0.4, -0.2) is 7.85 Å². The number of rotatable bonds is 2. The summed E-state index contributed by atoms with van der Waals surface area (Å²) in [5.74, 6) is 3.13. The van der Waals surface area contributed by atoms with Gasteiger partial charge in [-0.3, -0.25) is 0 Å². The van der Waals surface area contributed by atoms with Crippen molar-refractivity contribution in [3.63, 3.8) is 0 Å². The lowest BCUT2D eigenvalue weighted by atomic mass is 9.74. The molecule has 0 spiro atoms. The zero-order chi connectivity index (χ0) is 8.56. The minimum Gasteiger partial charge on any atom is -0.0826 e. The van der Waals surface area contributed by atoms with Crippen LogP contribution in [0.25, 0.3) is 0 Å². The summed E-state index contributed by atoms with van der Waals surface area (Å²) in [4.78, 5) is 0. The molecular weight excluding hydrogens is 143 g/mol. The highest BCUT2D eigenvalue weighted by molar-refractivity contribution is 6.09. The summed E-state index contributed by atoms with van der Waals surface area (Å²) in [6.45, 7) is 4.83. The van der Waals surface area contributed by atoms with Gasteiger partial charge in [0.15, 0.2) is 0 Å². The summed E-state index contributed by atoms with van der Waals surface area (Å²) in [5, 5.41) is 0. The molecule has 3 aliphatic rings. The second-order valence-electron chi connectivity index (χ2n) is 5.91. The predicted octanol–water partition coefficient (Wildman–Crippen LogP) is 2.65. The first-order valence-electron chi connectivity index (χ1n) is 5.32. The van der Waals surface area contributed by atoms with Gasteiger partial charge >= 0.3 is 0 Å². The van der Waals surface area contributed by atoms with Gasteiger partial charge in [0.25, 0.3) is 0 Å². The molecule has 0 amide bonds. The molecule has 64 valence electrons. The van der Waals surface area contributed by atoms with Gasteiger partial charge in [-0.25, -0.2) is 0 Å². The fraction of sp³-hybridized carbons (Fsp3) is 1.00. The molecule has 3 fully saturated rings. The van der Waals surface area contributed by atoms with E-state index in [9.17, 15) is 0 Å². The summed E-state index contributed by atoms with van der Waals surface area (Å²) in [6, 6.07) is 0. The maximum Gasteiger partial charge on any atom is 0.0660 e. The van der Waals surface area contributed by atoms with Crippen LogP contribution in [0.3, 0.4) is 0 Å². The van der Waals surface area contributed by atoms with Crippen LogP contribution in [0.4, 0.5) is 0 Å². The highest BCUT2D eigenvalue weighted by Gasteiger charge is 2.74. The van der Waals surface area contributed by atoms with Crippen LogP contribution in [0.5, 0.6) is 0 Å². The van der Waals surface area contributed by atoms with Gasteiger partial charge in [-0.15, -0.1) is 0 Å². The molecule has 0 aromatic carbocycles. The van der Waals surface area contributed by atoms with Crippen molar-refractivity contribution in [2.45, 2.75) is 39.4 Å². The fourth-order valence-electron chi connectivity index (χ4n) is 3.83. The SMILES string of the molecule is [B]CC12CCC1C2C1CC1(C)C. The quantitative estimate of drug-likeness (QED) is 0.544. The molecule has 0 nitrogen and oxygen atoms in total. The van der Waals surface area contributed by atoms with Gasteiger partial charge in [0.2, 0.25) is 0 Å². The number of hydrogen-bond donors (Lipinski definition) is 0. The average molecular weight is 160 g/mol. The smallest absolute Gasteiger partial charge is 0.0660 e. The Morgan fingerprint density at radius 1 is 1.33 bits per heavy atom. The van der Waals surface area contributed by atoms with E-state index in [0.29, 0.717) is 10.8 Å². The molecule has 0 aliphatic heterocycles. The van der Waals surface area contributed by atoms with Crippen LogP contribution < -0.4 is 0 Å². The van der Waals surface area contributed by atoms with Gasteiger partial charge in [0, 0.05) is 0 Å². The molecule has 3 rings (SSSR count). The molecule has 0 saturated heterocycles. The summed E-state index contributed by atoms with van der Waals surface area (Å²) in [7, 11) is 5.85. The molecular formula is C11H17B. The topological polar surface area (TPSA) is 0 Å². The maximum absolute atomic E-state index is 5.85. The number of hydrogen-bond acceptors (Lipinski definition) is 0. The normalized spacial score (nSPS) is 58.7. The Morgan fingerprint density at radius 2 is 2.00 bits per heavy atom. The highest BCUT2D eigenvalue weighted by Crippen LogP contribution is 2.82. The lowest BCUT2D eigenvalue weighted by Gasteiger charge is -2.23. The van der Waals surface area contributed by atoms with Crippen LogP contribution in [0.2, 0.25) is 6.32 Å². The van der Waals surface area contributed by atoms with Crippen LogP contribution >= 0.6 is 0 Å². The molecule has 12 heavy (non-hydrogen) atoms. The van der Waals surface area contributed by atoms with E-state index in [1.807, 2.05) is 0 Å². The van der Waals surface area contributed by atoms with Crippen molar-refractivity contribution in [2.24, 2.45) is 28.6 Å². The van der Waals surface area contributed by atoms with Crippen molar-refractivity contribution < 1.29 is 0 Å². The van der Waals surface area contributed by atoms with Gasteiger partial charge in [0.1, 0.15) is 0 Å². The Bertz CT molecular complexity index is 229. The molecule has 0 heterocycles. The highest BCUT2D eigenvalue weighted by atomic mass is 14.8. The molecule has 0 aromatic heterocycles. The van der Waals surface area contributed by atoms with E-state index in [4.69, 9.17) is 7.85 Å². The molecule has 0 bridgehead atoms. The largest absolute Gasteiger partial charge is 0.0826 e. The molecule has 0 N–H and O–H groups in total. The first-order chi connectivity index (χ1) is 5.62. The van der Waals surface area contributed by atoms with Gasteiger partial charge < -0.3 is 0 Å². The van der Waals surface area contributed by atoms with E-state index in [-0.39, 0.29) is 0 Å². The van der Waals surface area contributed by atoms with Crippen molar-refractivity contribution in [1.29, 1.82) is 0 Å². The minimum absolute atomic E-state index is 0.665. The Kier molecular flexibility index (Phi) is 1.11. The van der Waals surface area contributed by atoms with Gasteiger partial charge in [0.05, 0.1) is 7.85 Å². The first-order valence-corrected chi connectivity index (χ1v) is 5.32. The standard InChI is InChI=1S/C11H17B/c1-10(2)5-8(10)9-7-3-4-11(7,9)6-12/h7-9H,3-6H2,1-2H3. The molecule has 3 saturated carbocycles. The third-order valence-corrected chi connectivity index (χ3v) is 5.05. The first kappa shape index (κ1) is 7.47. The van der Waals surface area contributed by atoms with Crippen molar-refractivity contribution in [2.75, 3.05) is 0 Å². The lowest BCUT2D eigenvalue weighted by Crippen LogP contribution is -2.13. The predicted molar refractivity (Wildman–Crippen MR) is 51.1 cm³/mol. The van der Waals surface area contributed by atoms with Crippen LogP contribution in [0.1, 0.15) is 33.1 Å². The van der Waals surface area contributed by atoms with E-state index in [1.165, 1.54) is 19.3 Å². The van der Waals surface area contributed by atoms with Crippen molar-refractivity contribution in [3.8, 4) is 0 Å². The second-order valence-corrected chi connectivity index (χ2v) is 5.91. The molecule has 1 heteroatoms. The van der Waals surface area contributed by atoms with Crippen molar-refractivity contribution in [3.05, 3.63) is 0 Å². The van der Waals surface area contributed by atoms with E-state index in [1.54, 1.807) is 0 Å². The maximum atomic E-state index is 5.85. The summed E-state index contributed by atoms with van der Waals surface area (Å²) < 4.78 is 0. The van der Waals surface area contributed by atoms with Gasteiger partial charge in [-0.05, 0) is 47.8 Å². The second kappa shape index (κ2) is 1.78. The Morgan fingerprint density at radius 3 is 2.25 bits per heavy atom. The monoisotopic (exact) mass is 160 g/mol. The average Bonchev–Trinajstić information content (AvgIpc) is 2.70. The number of fused-ring (bicyclic) bond motifs is 1. The Hall–Kier alpha value is 0.0649. The summed E-state index contributed by atoms with van der Waals surface area (Å²) in [5.41, 5.74) is 1.34. The van der Waals surface area contributed by atoms with Crippen molar-refractivity contribution >= 4 is 7.85 Å². The van der Waals surface area contributed by atoms with Crippen LogP contribution in [0.15, 0.2) is 0 Å². The third kappa shape index (κ3) is 0.636. The zero-order valence-corrected chi connectivity index (χ0v) is 8.14. The van der Waals surface area contributed by atoms with E-state index in [2.05, 4.69) is 13.8 Å². The Balaban J connectivity index is 1.75. The van der Waals surface area contributed by atoms with Crippen molar-refractivity contribution in [1.82, 2.24) is 0 Å². The van der Waals surface area contributed by atoms with E-state index in [0.717, 1.165) is 24.1 Å². The van der Waals surface area contributed by atoms with Crippen LogP contribution in [-0.2, 0) is 0 Å². The van der Waals surface area contributed by atoms with Gasteiger partial charge in [-0.1, -0.05) is 20.2 Å². The van der Waals surface area contributed by atoms with Crippen LogP contribution in [0, 0.1) is 28.6 Å². The summed E-state index contributed by atoms with van der Waals surface area (Å²) in [6.07, 6.45) is 5.35. The third-order valence-electron chi connectivity index (χ3n) is 5.05. The molecule has 2 radical (unpaired) electrons. The Labute approximate surface area is 76.5 Å².